The number of aryl methyl sites for hydroxylation is 1. The van der Waals surface area contributed by atoms with E-state index in [1.54, 1.807) is 6.07 Å². The second kappa shape index (κ2) is 15.5. The Bertz CT molecular complexity index is 1900. The van der Waals surface area contributed by atoms with Crippen LogP contribution in [-0.4, -0.2) is 85.0 Å². The molecule has 7 rings (SSSR count). The quantitative estimate of drug-likeness (QED) is 0.0974. The fourth-order valence-corrected chi connectivity index (χ4v) is 9.58. The average molecular weight is 733 g/mol. The first-order chi connectivity index (χ1) is 25.1. The van der Waals surface area contributed by atoms with Gasteiger partial charge in [-0.3, -0.25) is 4.79 Å². The van der Waals surface area contributed by atoms with Crippen molar-refractivity contribution in [2.45, 2.75) is 94.5 Å². The Morgan fingerprint density at radius 3 is 2.71 bits per heavy atom. The summed E-state index contributed by atoms with van der Waals surface area (Å²) in [5, 5.41) is 59.3. The molecule has 4 aromatic rings. The number of aromatic hydroxyl groups is 1. The molecule has 278 valence electrons. The number of aliphatic hydroxyl groups excluding tert-OH is 1. The molecule has 14 heteroatoms. The molecule has 0 spiro atoms. The van der Waals surface area contributed by atoms with Gasteiger partial charge in [0, 0.05) is 37.2 Å². The molecule has 3 heterocycles. The van der Waals surface area contributed by atoms with E-state index in [4.69, 9.17) is 4.74 Å². The lowest BCUT2D eigenvalue weighted by molar-refractivity contribution is -0.166. The number of carboxylic acids is 1. The molecule has 6 N–H and O–H groups in total. The van der Waals surface area contributed by atoms with Crippen LogP contribution in [0.5, 0.6) is 11.5 Å². The minimum atomic E-state index is -1.78. The number of fused-ring (bicyclic) bond motifs is 2. The van der Waals surface area contributed by atoms with Gasteiger partial charge in [0.2, 0.25) is 0 Å². The molecular formula is C38H48N6O7S. The molecule has 2 atom stereocenters. The number of aliphatic carboxylic acids is 1. The van der Waals surface area contributed by atoms with Crippen LogP contribution in [0, 0.1) is 5.92 Å². The van der Waals surface area contributed by atoms with Crippen molar-refractivity contribution in [2.75, 3.05) is 32.1 Å². The van der Waals surface area contributed by atoms with Crippen molar-refractivity contribution in [2.24, 2.45) is 5.92 Å². The summed E-state index contributed by atoms with van der Waals surface area (Å²) in [6.45, 7) is 2.22. The number of phenols is 1. The van der Waals surface area contributed by atoms with Crippen LogP contribution in [-0.2, 0) is 28.3 Å². The van der Waals surface area contributed by atoms with Gasteiger partial charge in [-0.15, -0.1) is 16.4 Å². The van der Waals surface area contributed by atoms with E-state index in [-0.39, 0.29) is 48.1 Å². The van der Waals surface area contributed by atoms with Crippen LogP contribution in [0.3, 0.4) is 0 Å². The normalized spacial score (nSPS) is 21.1. The third-order valence-electron chi connectivity index (χ3n) is 11.3. The first kappa shape index (κ1) is 36.3. The minimum absolute atomic E-state index is 0.113. The van der Waals surface area contributed by atoms with Gasteiger partial charge in [-0.2, -0.15) is 0 Å². The summed E-state index contributed by atoms with van der Waals surface area (Å²) in [7, 11) is 2.18. The largest absolute Gasteiger partial charge is 0.506 e. The van der Waals surface area contributed by atoms with Gasteiger partial charge < -0.3 is 40.7 Å². The Morgan fingerprint density at radius 2 is 1.94 bits per heavy atom. The molecule has 1 amide bonds. The van der Waals surface area contributed by atoms with E-state index in [1.807, 2.05) is 34.3 Å². The number of thiophene rings is 1. The number of hydrogen-bond donors (Lipinski definition) is 6. The molecule has 0 radical (unpaired) electrons. The van der Waals surface area contributed by atoms with Crippen molar-refractivity contribution in [3.63, 3.8) is 0 Å². The maximum Gasteiger partial charge on any atom is 0.341 e. The summed E-state index contributed by atoms with van der Waals surface area (Å²) in [6, 6.07) is 11.6. The number of amides is 1. The highest BCUT2D eigenvalue weighted by Gasteiger charge is 2.49. The summed E-state index contributed by atoms with van der Waals surface area (Å²) in [5.74, 6) is -1.25. The highest BCUT2D eigenvalue weighted by molar-refractivity contribution is 7.10. The van der Waals surface area contributed by atoms with Crippen LogP contribution in [0.25, 0.3) is 11.0 Å². The van der Waals surface area contributed by atoms with Crippen molar-refractivity contribution in [1.82, 2.24) is 25.2 Å². The predicted octanol–water partition coefficient (Wildman–Crippen LogP) is 4.86. The maximum atomic E-state index is 12.4. The number of aliphatic hydroxyl groups is 2. The number of carbonyl (C=O) groups excluding carboxylic acids is 1. The number of hydrogen-bond acceptors (Lipinski definition) is 11. The number of aromatic nitrogens is 3. The van der Waals surface area contributed by atoms with E-state index >= 15 is 0 Å². The SMILES string of the molecule is CN(CCCn1nnc2cc(CNC[C@H](O)c3ccc(O)c4c3OCC(=O)N4)ccc21)C1CCC(c2ccsc2[C@@](O)(C(=O)O)C2CCCC2)CC1. The average Bonchev–Trinajstić information content (AvgIpc) is 3.94. The fraction of sp³-hybridized carbons (Fsp3) is 0.526. The summed E-state index contributed by atoms with van der Waals surface area (Å²) in [5.41, 5.74) is 2.68. The highest BCUT2D eigenvalue weighted by Crippen LogP contribution is 2.48. The van der Waals surface area contributed by atoms with Gasteiger partial charge in [-0.05, 0) is 111 Å². The Balaban J connectivity index is 0.876. The molecule has 2 aromatic carbocycles. The van der Waals surface area contributed by atoms with Gasteiger partial charge in [0.05, 0.1) is 16.5 Å². The Morgan fingerprint density at radius 1 is 1.15 bits per heavy atom. The molecule has 2 fully saturated rings. The molecule has 0 saturated heterocycles. The number of nitrogens with one attached hydrogen (secondary N) is 2. The lowest BCUT2D eigenvalue weighted by atomic mass is 9.76. The zero-order valence-electron chi connectivity index (χ0n) is 29.5. The molecule has 2 aliphatic carbocycles. The fourth-order valence-electron chi connectivity index (χ4n) is 8.43. The first-order valence-corrected chi connectivity index (χ1v) is 19.2. The summed E-state index contributed by atoms with van der Waals surface area (Å²) < 4.78 is 7.45. The second-order valence-corrected chi connectivity index (χ2v) is 15.5. The molecule has 13 nitrogen and oxygen atoms in total. The van der Waals surface area contributed by atoms with Crippen LogP contribution in [0.2, 0.25) is 0 Å². The molecular weight excluding hydrogens is 685 g/mol. The highest BCUT2D eigenvalue weighted by atomic mass is 32.1. The van der Waals surface area contributed by atoms with E-state index in [9.17, 15) is 30.0 Å². The standard InChI is InChI=1S/C38H48N6O7S/c1-43(26-10-8-24(9-11-26)27-15-18-52-36(27)38(50,37(48)49)25-5-2-3-6-25)16-4-17-44-30-13-7-23(19-29(30)41-42-44)20-39-21-32(46)28-12-14-31(45)34-35(28)51-22-33(47)40-34/h7,12-15,18-19,24-26,32,39,45-46,50H,2-6,8-11,16-17,20-22H2,1H3,(H,40,47)(H,48,49)/t24?,26?,32-,38+/m0/s1. The third-order valence-corrected chi connectivity index (χ3v) is 12.4. The van der Waals surface area contributed by atoms with Crippen LogP contribution in [0.1, 0.15) is 91.4 Å². The molecule has 2 aromatic heterocycles. The molecule has 0 bridgehead atoms. The number of nitrogens with zero attached hydrogens (tertiary/aromatic N) is 4. The minimum Gasteiger partial charge on any atom is -0.506 e. The monoisotopic (exact) mass is 732 g/mol. The van der Waals surface area contributed by atoms with Gasteiger partial charge in [0.1, 0.15) is 17.0 Å². The number of phenolic OH excluding ortho intramolecular Hbond substituents is 1. The van der Waals surface area contributed by atoms with Crippen molar-refractivity contribution in [3.05, 3.63) is 63.3 Å². The van der Waals surface area contributed by atoms with Gasteiger partial charge in [-0.1, -0.05) is 24.1 Å². The van der Waals surface area contributed by atoms with Crippen LogP contribution >= 0.6 is 11.3 Å². The molecule has 1 aliphatic heterocycles. The van der Waals surface area contributed by atoms with E-state index in [1.165, 1.54) is 17.4 Å². The maximum absolute atomic E-state index is 12.4. The Hall–Kier alpha value is -4.08. The molecule has 52 heavy (non-hydrogen) atoms. The van der Waals surface area contributed by atoms with Gasteiger partial charge in [0.25, 0.3) is 5.91 Å². The first-order valence-electron chi connectivity index (χ1n) is 18.4. The summed E-state index contributed by atoms with van der Waals surface area (Å²) in [4.78, 5) is 27.2. The number of carboxylic acid groups (broad SMARTS) is 1. The van der Waals surface area contributed by atoms with E-state index in [2.05, 4.69) is 32.9 Å². The predicted molar refractivity (Wildman–Crippen MR) is 196 cm³/mol. The number of carbonyl (C=O) groups is 2. The molecule has 3 aliphatic rings. The van der Waals surface area contributed by atoms with Crippen LogP contribution in [0.15, 0.2) is 41.8 Å². The number of anilines is 1. The van der Waals surface area contributed by atoms with Crippen molar-refractivity contribution < 1.29 is 34.8 Å². The van der Waals surface area contributed by atoms with E-state index in [0.29, 0.717) is 23.0 Å². The smallest absolute Gasteiger partial charge is 0.341 e. The second-order valence-electron chi connectivity index (χ2n) is 14.6. The summed E-state index contributed by atoms with van der Waals surface area (Å²) in [6.07, 6.45) is 7.53. The topological polar surface area (TPSA) is 182 Å². The summed E-state index contributed by atoms with van der Waals surface area (Å²) >= 11 is 1.40. The van der Waals surface area contributed by atoms with Crippen molar-refractivity contribution in [1.29, 1.82) is 0 Å². The Labute approximate surface area is 306 Å². The van der Waals surface area contributed by atoms with Crippen LogP contribution in [0.4, 0.5) is 5.69 Å². The van der Waals surface area contributed by atoms with Gasteiger partial charge in [0.15, 0.2) is 18.0 Å². The van der Waals surface area contributed by atoms with E-state index in [0.717, 1.165) is 93.0 Å². The number of benzene rings is 2. The Kier molecular flexibility index (Phi) is 10.8. The lowest BCUT2D eigenvalue weighted by Gasteiger charge is -2.36. The number of rotatable bonds is 14. The third kappa shape index (κ3) is 7.27. The van der Waals surface area contributed by atoms with Crippen LogP contribution < -0.4 is 15.4 Å². The number of ether oxygens (including phenoxy) is 1. The zero-order chi connectivity index (χ0) is 36.4. The molecule has 0 unspecified atom stereocenters. The van der Waals surface area contributed by atoms with Crippen molar-refractivity contribution >= 4 is 39.9 Å². The van der Waals surface area contributed by atoms with Gasteiger partial charge in [-0.25, -0.2) is 9.48 Å². The molecule has 2 saturated carbocycles. The lowest BCUT2D eigenvalue weighted by Crippen LogP contribution is -2.42. The van der Waals surface area contributed by atoms with Gasteiger partial charge >= 0.3 is 5.97 Å². The zero-order valence-corrected chi connectivity index (χ0v) is 30.3. The van der Waals surface area contributed by atoms with Crippen molar-refractivity contribution in [3.8, 4) is 11.5 Å². The van der Waals surface area contributed by atoms with E-state index < -0.39 is 17.7 Å².